The van der Waals surface area contributed by atoms with Crippen molar-refractivity contribution in [2.45, 2.75) is 45.1 Å². The summed E-state index contributed by atoms with van der Waals surface area (Å²) in [5.74, 6) is -0.381. The zero-order chi connectivity index (χ0) is 9.90. The van der Waals surface area contributed by atoms with Gasteiger partial charge in [-0.25, -0.2) is 4.79 Å². The minimum Gasteiger partial charge on any atom is -0.464 e. The van der Waals surface area contributed by atoms with Gasteiger partial charge in [-0.15, -0.1) is 0 Å². The Morgan fingerprint density at radius 3 is 2.54 bits per heavy atom. The van der Waals surface area contributed by atoms with Gasteiger partial charge in [-0.3, -0.25) is 0 Å². The highest BCUT2D eigenvalue weighted by atomic mass is 16.5. The lowest BCUT2D eigenvalue weighted by molar-refractivity contribution is -0.168. The zero-order valence-corrected chi connectivity index (χ0v) is 8.38. The molecule has 1 aliphatic rings. The van der Waals surface area contributed by atoms with Crippen LogP contribution in [0.25, 0.3) is 0 Å². The van der Waals surface area contributed by atoms with E-state index in [2.05, 4.69) is 0 Å². The number of carbonyl (C=O) groups is 1. The van der Waals surface area contributed by atoms with Crippen molar-refractivity contribution in [2.75, 3.05) is 6.61 Å². The predicted octanol–water partition coefficient (Wildman–Crippen LogP) is 1.49. The summed E-state index contributed by atoms with van der Waals surface area (Å²) in [5, 5.41) is 9.94. The monoisotopic (exact) mass is 186 g/mol. The van der Waals surface area contributed by atoms with Crippen molar-refractivity contribution in [3.8, 4) is 0 Å². The molecule has 0 saturated heterocycles. The number of aliphatic hydroxyl groups is 1. The fraction of sp³-hybridized carbons (Fsp3) is 0.900. The first-order valence-electron chi connectivity index (χ1n) is 4.98. The molecule has 0 aromatic carbocycles. The van der Waals surface area contributed by atoms with Gasteiger partial charge in [0.25, 0.3) is 0 Å². The van der Waals surface area contributed by atoms with Crippen molar-refractivity contribution in [2.24, 2.45) is 5.92 Å². The Balaban J connectivity index is 2.57. The molecular formula is C10H18O3. The van der Waals surface area contributed by atoms with Gasteiger partial charge in [-0.2, -0.15) is 0 Å². The summed E-state index contributed by atoms with van der Waals surface area (Å²) in [6.45, 7) is 3.66. The standard InChI is InChI=1S/C10H18O3/c1-3-13-9(11)10(2,12)8-6-4-5-7-8/h8,12H,3-7H2,1-2H3. The maximum atomic E-state index is 11.4. The molecule has 0 spiro atoms. The van der Waals surface area contributed by atoms with E-state index in [0.29, 0.717) is 6.61 Å². The normalized spacial score (nSPS) is 22.7. The zero-order valence-electron chi connectivity index (χ0n) is 8.38. The van der Waals surface area contributed by atoms with Crippen LogP contribution in [0.15, 0.2) is 0 Å². The molecule has 0 amide bonds. The van der Waals surface area contributed by atoms with Gasteiger partial charge in [-0.05, 0) is 32.6 Å². The molecule has 76 valence electrons. The highest BCUT2D eigenvalue weighted by Gasteiger charge is 2.41. The molecule has 3 nitrogen and oxygen atoms in total. The van der Waals surface area contributed by atoms with E-state index in [1.807, 2.05) is 0 Å². The van der Waals surface area contributed by atoms with E-state index in [4.69, 9.17) is 4.74 Å². The highest BCUT2D eigenvalue weighted by Crippen LogP contribution is 2.34. The molecule has 1 N–H and O–H groups in total. The van der Waals surface area contributed by atoms with Crippen molar-refractivity contribution in [1.82, 2.24) is 0 Å². The maximum absolute atomic E-state index is 11.4. The van der Waals surface area contributed by atoms with Crippen molar-refractivity contribution < 1.29 is 14.6 Å². The van der Waals surface area contributed by atoms with Gasteiger partial charge in [0.1, 0.15) is 0 Å². The Kier molecular flexibility index (Phi) is 3.31. The number of ether oxygens (including phenoxy) is 1. The summed E-state index contributed by atoms with van der Waals surface area (Å²) in [6, 6.07) is 0. The second kappa shape index (κ2) is 4.09. The molecule has 1 unspecified atom stereocenters. The Morgan fingerprint density at radius 2 is 2.08 bits per heavy atom. The molecule has 3 heteroatoms. The molecule has 0 radical (unpaired) electrons. The third-order valence-corrected chi connectivity index (χ3v) is 2.84. The largest absolute Gasteiger partial charge is 0.464 e. The first kappa shape index (κ1) is 10.5. The predicted molar refractivity (Wildman–Crippen MR) is 49.2 cm³/mol. The fourth-order valence-corrected chi connectivity index (χ4v) is 1.93. The van der Waals surface area contributed by atoms with Crippen LogP contribution in [0.3, 0.4) is 0 Å². The van der Waals surface area contributed by atoms with Crippen LogP contribution in [0.1, 0.15) is 39.5 Å². The van der Waals surface area contributed by atoms with E-state index in [0.717, 1.165) is 25.7 Å². The summed E-state index contributed by atoms with van der Waals surface area (Å²) in [4.78, 5) is 11.4. The van der Waals surface area contributed by atoms with Crippen LogP contribution in [0.4, 0.5) is 0 Å². The van der Waals surface area contributed by atoms with Gasteiger partial charge >= 0.3 is 5.97 Å². The second-order valence-corrected chi connectivity index (χ2v) is 3.85. The van der Waals surface area contributed by atoms with Crippen LogP contribution in [-0.2, 0) is 9.53 Å². The van der Waals surface area contributed by atoms with Gasteiger partial charge in [0.05, 0.1) is 6.61 Å². The van der Waals surface area contributed by atoms with Crippen LogP contribution in [-0.4, -0.2) is 23.3 Å². The molecule has 1 aliphatic carbocycles. The number of carbonyl (C=O) groups excluding carboxylic acids is 1. The Hall–Kier alpha value is -0.570. The fourth-order valence-electron chi connectivity index (χ4n) is 1.93. The van der Waals surface area contributed by atoms with Crippen LogP contribution < -0.4 is 0 Å². The topological polar surface area (TPSA) is 46.5 Å². The highest BCUT2D eigenvalue weighted by molar-refractivity contribution is 5.79. The van der Waals surface area contributed by atoms with E-state index in [1.165, 1.54) is 0 Å². The van der Waals surface area contributed by atoms with Crippen molar-refractivity contribution >= 4 is 5.97 Å². The number of hydrogen-bond donors (Lipinski definition) is 1. The molecule has 0 heterocycles. The maximum Gasteiger partial charge on any atom is 0.338 e. The summed E-state index contributed by atoms with van der Waals surface area (Å²) in [6.07, 6.45) is 4.10. The van der Waals surface area contributed by atoms with Crippen molar-refractivity contribution in [1.29, 1.82) is 0 Å². The van der Waals surface area contributed by atoms with Crippen LogP contribution in [0, 0.1) is 5.92 Å². The molecule has 13 heavy (non-hydrogen) atoms. The van der Waals surface area contributed by atoms with Crippen LogP contribution in [0.2, 0.25) is 0 Å². The lowest BCUT2D eigenvalue weighted by Crippen LogP contribution is -2.43. The lowest BCUT2D eigenvalue weighted by Gasteiger charge is -2.27. The Morgan fingerprint density at radius 1 is 1.54 bits per heavy atom. The van der Waals surface area contributed by atoms with Gasteiger partial charge < -0.3 is 9.84 Å². The minimum atomic E-state index is -1.27. The van der Waals surface area contributed by atoms with Gasteiger partial charge in [0.15, 0.2) is 5.60 Å². The van der Waals surface area contributed by atoms with E-state index < -0.39 is 11.6 Å². The second-order valence-electron chi connectivity index (χ2n) is 3.85. The summed E-state index contributed by atoms with van der Waals surface area (Å²) in [5.41, 5.74) is -1.27. The molecule has 0 bridgehead atoms. The smallest absolute Gasteiger partial charge is 0.338 e. The first-order chi connectivity index (χ1) is 6.09. The van der Waals surface area contributed by atoms with Gasteiger partial charge in [0, 0.05) is 0 Å². The number of rotatable bonds is 3. The Labute approximate surface area is 79.1 Å². The third-order valence-electron chi connectivity index (χ3n) is 2.84. The number of esters is 1. The number of hydrogen-bond acceptors (Lipinski definition) is 3. The lowest BCUT2D eigenvalue weighted by atomic mass is 9.88. The molecule has 1 rings (SSSR count). The molecule has 1 saturated carbocycles. The summed E-state index contributed by atoms with van der Waals surface area (Å²) in [7, 11) is 0. The molecule has 1 fully saturated rings. The van der Waals surface area contributed by atoms with Gasteiger partial charge in [0.2, 0.25) is 0 Å². The van der Waals surface area contributed by atoms with E-state index >= 15 is 0 Å². The first-order valence-corrected chi connectivity index (χ1v) is 4.98. The SMILES string of the molecule is CCOC(=O)C(C)(O)C1CCCC1. The molecule has 1 atom stereocenters. The third kappa shape index (κ3) is 2.21. The minimum absolute atomic E-state index is 0.0894. The quantitative estimate of drug-likeness (QED) is 0.679. The van der Waals surface area contributed by atoms with Crippen molar-refractivity contribution in [3.05, 3.63) is 0 Å². The summed E-state index contributed by atoms with van der Waals surface area (Å²) >= 11 is 0. The average molecular weight is 186 g/mol. The Bertz CT molecular complexity index is 181. The van der Waals surface area contributed by atoms with Crippen molar-refractivity contribution in [3.63, 3.8) is 0 Å². The van der Waals surface area contributed by atoms with Gasteiger partial charge in [-0.1, -0.05) is 12.8 Å². The van der Waals surface area contributed by atoms with E-state index in [9.17, 15) is 9.90 Å². The van der Waals surface area contributed by atoms with E-state index in [1.54, 1.807) is 13.8 Å². The summed E-state index contributed by atoms with van der Waals surface area (Å²) < 4.78 is 4.83. The average Bonchev–Trinajstić information content (AvgIpc) is 2.56. The van der Waals surface area contributed by atoms with Crippen LogP contribution >= 0.6 is 0 Å². The molecule has 0 aromatic heterocycles. The van der Waals surface area contributed by atoms with Crippen LogP contribution in [0.5, 0.6) is 0 Å². The molecule has 0 aromatic rings. The molecular weight excluding hydrogens is 168 g/mol. The van der Waals surface area contributed by atoms with E-state index in [-0.39, 0.29) is 5.92 Å². The molecule has 0 aliphatic heterocycles.